The summed E-state index contributed by atoms with van der Waals surface area (Å²) in [7, 11) is 0. The Hall–Kier alpha value is -2.00. The van der Waals surface area contributed by atoms with Crippen LogP contribution in [-0.2, 0) is 6.42 Å². The number of nitrogens with two attached hydrogens (primary N) is 1. The Morgan fingerprint density at radius 3 is 2.76 bits per heavy atom. The summed E-state index contributed by atoms with van der Waals surface area (Å²) in [5, 5.41) is 0. The minimum atomic E-state index is -0.0514. The first-order valence-corrected chi connectivity index (χ1v) is 5.56. The predicted octanol–water partition coefficient (Wildman–Crippen LogP) is 1.81. The van der Waals surface area contributed by atoms with E-state index in [2.05, 4.69) is 4.98 Å². The summed E-state index contributed by atoms with van der Waals surface area (Å²) in [6, 6.07) is 12.9. The zero-order chi connectivity index (χ0) is 12.1. The van der Waals surface area contributed by atoms with Gasteiger partial charge in [0.1, 0.15) is 5.69 Å². The SMILES string of the molecule is NCCc1cccc(C(=O)c2ccccn2)c1. The molecular formula is C14H14N2O. The molecular weight excluding hydrogens is 212 g/mol. The van der Waals surface area contributed by atoms with Crippen molar-refractivity contribution in [1.29, 1.82) is 0 Å². The summed E-state index contributed by atoms with van der Waals surface area (Å²) in [5.74, 6) is -0.0514. The molecule has 2 rings (SSSR count). The molecule has 0 atom stereocenters. The van der Waals surface area contributed by atoms with Gasteiger partial charge in [-0.3, -0.25) is 9.78 Å². The number of rotatable bonds is 4. The monoisotopic (exact) mass is 226 g/mol. The lowest BCUT2D eigenvalue weighted by Crippen LogP contribution is -2.06. The van der Waals surface area contributed by atoms with Gasteiger partial charge in [0, 0.05) is 11.8 Å². The van der Waals surface area contributed by atoms with Crippen LogP contribution in [0.1, 0.15) is 21.6 Å². The number of hydrogen-bond donors (Lipinski definition) is 1. The Labute approximate surface area is 100 Å². The van der Waals surface area contributed by atoms with Gasteiger partial charge in [-0.2, -0.15) is 0 Å². The van der Waals surface area contributed by atoms with E-state index in [1.165, 1.54) is 0 Å². The molecule has 1 heterocycles. The van der Waals surface area contributed by atoms with Gasteiger partial charge in [-0.1, -0.05) is 24.3 Å². The van der Waals surface area contributed by atoms with E-state index in [4.69, 9.17) is 5.73 Å². The van der Waals surface area contributed by atoms with Crippen molar-refractivity contribution < 1.29 is 4.79 Å². The van der Waals surface area contributed by atoms with Gasteiger partial charge in [0.05, 0.1) is 0 Å². The second-order valence-electron chi connectivity index (χ2n) is 3.78. The van der Waals surface area contributed by atoms with Crippen LogP contribution in [0.3, 0.4) is 0 Å². The first kappa shape index (κ1) is 11.5. The Morgan fingerprint density at radius 2 is 2.06 bits per heavy atom. The van der Waals surface area contributed by atoms with Crippen molar-refractivity contribution in [3.05, 3.63) is 65.5 Å². The number of nitrogens with zero attached hydrogens (tertiary/aromatic N) is 1. The summed E-state index contributed by atoms with van der Waals surface area (Å²) < 4.78 is 0. The first-order valence-electron chi connectivity index (χ1n) is 5.56. The number of hydrogen-bond acceptors (Lipinski definition) is 3. The van der Waals surface area contributed by atoms with E-state index in [0.717, 1.165) is 12.0 Å². The second-order valence-corrected chi connectivity index (χ2v) is 3.78. The molecule has 2 N–H and O–H groups in total. The second kappa shape index (κ2) is 5.37. The van der Waals surface area contributed by atoms with Gasteiger partial charge in [0.15, 0.2) is 0 Å². The Kier molecular flexibility index (Phi) is 3.62. The van der Waals surface area contributed by atoms with Crippen molar-refractivity contribution in [2.75, 3.05) is 6.54 Å². The summed E-state index contributed by atoms with van der Waals surface area (Å²) in [6.07, 6.45) is 2.40. The van der Waals surface area contributed by atoms with Crippen molar-refractivity contribution in [2.24, 2.45) is 5.73 Å². The Bertz CT molecular complexity index is 509. The van der Waals surface area contributed by atoms with Crippen molar-refractivity contribution in [3.8, 4) is 0 Å². The van der Waals surface area contributed by atoms with E-state index in [0.29, 0.717) is 17.8 Å². The molecule has 0 saturated heterocycles. The van der Waals surface area contributed by atoms with Crippen molar-refractivity contribution >= 4 is 5.78 Å². The molecule has 0 aliphatic rings. The summed E-state index contributed by atoms with van der Waals surface area (Å²) in [4.78, 5) is 16.2. The molecule has 0 amide bonds. The number of benzene rings is 1. The van der Waals surface area contributed by atoms with E-state index in [-0.39, 0.29) is 5.78 Å². The largest absolute Gasteiger partial charge is 0.330 e. The lowest BCUT2D eigenvalue weighted by molar-refractivity contribution is 0.103. The first-order chi connectivity index (χ1) is 8.31. The van der Waals surface area contributed by atoms with Crippen LogP contribution in [0.15, 0.2) is 48.7 Å². The normalized spacial score (nSPS) is 10.2. The quantitative estimate of drug-likeness (QED) is 0.809. The van der Waals surface area contributed by atoms with Crippen LogP contribution in [0, 0.1) is 0 Å². The molecule has 0 radical (unpaired) electrons. The molecule has 2 aromatic rings. The number of aromatic nitrogens is 1. The van der Waals surface area contributed by atoms with Crippen LogP contribution < -0.4 is 5.73 Å². The highest BCUT2D eigenvalue weighted by molar-refractivity contribution is 6.07. The summed E-state index contributed by atoms with van der Waals surface area (Å²) in [6.45, 7) is 0.585. The van der Waals surface area contributed by atoms with Crippen LogP contribution in [0.5, 0.6) is 0 Å². The van der Waals surface area contributed by atoms with Crippen molar-refractivity contribution in [2.45, 2.75) is 6.42 Å². The average Bonchev–Trinajstić information content (AvgIpc) is 2.40. The highest BCUT2D eigenvalue weighted by atomic mass is 16.1. The number of pyridine rings is 1. The fraction of sp³-hybridized carbons (Fsp3) is 0.143. The molecule has 0 aliphatic carbocycles. The highest BCUT2D eigenvalue weighted by Crippen LogP contribution is 2.10. The molecule has 3 nitrogen and oxygen atoms in total. The van der Waals surface area contributed by atoms with E-state index < -0.39 is 0 Å². The molecule has 0 aliphatic heterocycles. The fourth-order valence-electron chi connectivity index (χ4n) is 1.68. The van der Waals surface area contributed by atoms with Crippen LogP contribution >= 0.6 is 0 Å². The molecule has 0 unspecified atom stereocenters. The lowest BCUT2D eigenvalue weighted by Gasteiger charge is -2.03. The third-order valence-electron chi connectivity index (χ3n) is 2.52. The smallest absolute Gasteiger partial charge is 0.211 e. The van der Waals surface area contributed by atoms with Gasteiger partial charge in [-0.25, -0.2) is 0 Å². The standard InChI is InChI=1S/C14H14N2O/c15-8-7-11-4-3-5-12(10-11)14(17)13-6-1-2-9-16-13/h1-6,9-10H,7-8,15H2. The highest BCUT2D eigenvalue weighted by Gasteiger charge is 2.09. The molecule has 1 aromatic heterocycles. The van der Waals surface area contributed by atoms with E-state index in [1.807, 2.05) is 24.3 Å². The zero-order valence-electron chi connectivity index (χ0n) is 9.47. The van der Waals surface area contributed by atoms with E-state index >= 15 is 0 Å². The van der Waals surface area contributed by atoms with Crippen LogP contribution in [0.2, 0.25) is 0 Å². The maximum Gasteiger partial charge on any atom is 0.211 e. The maximum atomic E-state index is 12.1. The summed E-state index contributed by atoms with van der Waals surface area (Å²) in [5.41, 5.74) is 7.71. The number of ketones is 1. The minimum absolute atomic E-state index is 0.0514. The third-order valence-corrected chi connectivity index (χ3v) is 2.52. The molecule has 17 heavy (non-hydrogen) atoms. The fourth-order valence-corrected chi connectivity index (χ4v) is 1.68. The van der Waals surface area contributed by atoms with Crippen molar-refractivity contribution in [3.63, 3.8) is 0 Å². The van der Waals surface area contributed by atoms with E-state index in [1.54, 1.807) is 24.4 Å². The molecule has 0 fully saturated rings. The van der Waals surface area contributed by atoms with Crippen molar-refractivity contribution in [1.82, 2.24) is 4.98 Å². The van der Waals surface area contributed by atoms with Crippen LogP contribution in [0.25, 0.3) is 0 Å². The summed E-state index contributed by atoms with van der Waals surface area (Å²) >= 11 is 0. The van der Waals surface area contributed by atoms with Gasteiger partial charge in [0.2, 0.25) is 5.78 Å². The molecule has 0 spiro atoms. The van der Waals surface area contributed by atoms with Gasteiger partial charge < -0.3 is 5.73 Å². The number of carbonyl (C=O) groups excluding carboxylic acids is 1. The predicted molar refractivity (Wildman–Crippen MR) is 66.9 cm³/mol. The third kappa shape index (κ3) is 2.77. The number of carbonyl (C=O) groups is 1. The Morgan fingerprint density at radius 1 is 1.18 bits per heavy atom. The average molecular weight is 226 g/mol. The Balaban J connectivity index is 2.28. The van der Waals surface area contributed by atoms with Gasteiger partial charge >= 0.3 is 0 Å². The van der Waals surface area contributed by atoms with Gasteiger partial charge in [-0.05, 0) is 36.7 Å². The topological polar surface area (TPSA) is 56.0 Å². The minimum Gasteiger partial charge on any atom is -0.330 e. The molecule has 0 saturated carbocycles. The molecule has 3 heteroatoms. The van der Waals surface area contributed by atoms with E-state index in [9.17, 15) is 4.79 Å². The van der Waals surface area contributed by atoms with Gasteiger partial charge in [-0.15, -0.1) is 0 Å². The lowest BCUT2D eigenvalue weighted by atomic mass is 10.0. The zero-order valence-corrected chi connectivity index (χ0v) is 9.47. The van der Waals surface area contributed by atoms with Crippen LogP contribution in [0.4, 0.5) is 0 Å². The molecule has 1 aromatic carbocycles. The molecule has 86 valence electrons. The maximum absolute atomic E-state index is 12.1. The molecule has 0 bridgehead atoms. The van der Waals surface area contributed by atoms with Crippen LogP contribution in [-0.4, -0.2) is 17.3 Å². The van der Waals surface area contributed by atoms with Gasteiger partial charge in [0.25, 0.3) is 0 Å².